The van der Waals surface area contributed by atoms with Crippen molar-refractivity contribution in [3.05, 3.63) is 212 Å². The summed E-state index contributed by atoms with van der Waals surface area (Å²) >= 11 is 0. The van der Waals surface area contributed by atoms with Gasteiger partial charge in [0.05, 0.1) is 27.6 Å². The third-order valence-electron chi connectivity index (χ3n) is 12.1. The molecule has 0 aliphatic rings. The number of aromatic nitrogens is 4. The van der Waals surface area contributed by atoms with E-state index in [0.29, 0.717) is 11.4 Å². The van der Waals surface area contributed by atoms with Gasteiger partial charge in [-0.1, -0.05) is 159 Å². The van der Waals surface area contributed by atoms with Gasteiger partial charge in [-0.15, -0.1) is 29.3 Å². The molecule has 6 heteroatoms. The van der Waals surface area contributed by atoms with Crippen LogP contribution in [0, 0.1) is 6.07 Å². The molecule has 3 aromatic heterocycles. The molecular formula is C58H43N4OPt-. The first-order valence-corrected chi connectivity index (χ1v) is 21.4. The van der Waals surface area contributed by atoms with E-state index in [0.717, 1.165) is 77.7 Å². The molecule has 312 valence electrons. The van der Waals surface area contributed by atoms with E-state index in [-0.39, 0.29) is 32.2 Å². The fourth-order valence-electron chi connectivity index (χ4n) is 8.90. The fourth-order valence-corrected chi connectivity index (χ4v) is 8.90. The Hall–Kier alpha value is -7.33. The third kappa shape index (κ3) is 7.22. The zero-order valence-corrected chi connectivity index (χ0v) is 37.9. The van der Waals surface area contributed by atoms with Crippen LogP contribution in [-0.4, -0.2) is 24.2 Å². The molecule has 64 heavy (non-hydrogen) atoms. The largest absolute Gasteiger partial charge is 0.507 e. The molecule has 0 aliphatic carbocycles. The number of imidazole rings is 1. The molecule has 5 nitrogen and oxygen atoms in total. The van der Waals surface area contributed by atoms with Crippen LogP contribution in [0.1, 0.15) is 26.3 Å². The van der Waals surface area contributed by atoms with Crippen molar-refractivity contribution in [2.45, 2.75) is 26.2 Å². The second-order valence-corrected chi connectivity index (χ2v) is 17.2. The Bertz CT molecular complexity index is 3480. The van der Waals surface area contributed by atoms with Gasteiger partial charge >= 0.3 is 0 Å². The summed E-state index contributed by atoms with van der Waals surface area (Å²) in [6.45, 7) is 6.72. The molecule has 0 saturated heterocycles. The number of benzene rings is 8. The molecule has 11 aromatic rings. The molecule has 0 atom stereocenters. The maximum Gasteiger partial charge on any atom is 0.148 e. The Kier molecular flexibility index (Phi) is 10.4. The predicted octanol–water partition coefficient (Wildman–Crippen LogP) is 14.7. The van der Waals surface area contributed by atoms with Crippen LogP contribution in [0.5, 0.6) is 5.75 Å². The van der Waals surface area contributed by atoms with E-state index in [1.807, 2.05) is 54.7 Å². The van der Waals surface area contributed by atoms with Crippen LogP contribution in [0.15, 0.2) is 200 Å². The van der Waals surface area contributed by atoms with Crippen molar-refractivity contribution in [2.75, 3.05) is 0 Å². The summed E-state index contributed by atoms with van der Waals surface area (Å²) < 4.78 is 4.38. The minimum Gasteiger partial charge on any atom is -0.507 e. The predicted molar refractivity (Wildman–Crippen MR) is 260 cm³/mol. The molecule has 3 heterocycles. The van der Waals surface area contributed by atoms with E-state index in [2.05, 4.69) is 182 Å². The molecule has 11 rings (SSSR count). The molecule has 0 aliphatic heterocycles. The average molecular weight is 1010 g/mol. The topological polar surface area (TPSA) is 55.9 Å². The molecule has 0 fully saturated rings. The smallest absolute Gasteiger partial charge is 0.148 e. The summed E-state index contributed by atoms with van der Waals surface area (Å²) in [5, 5.41) is 14.3. The second kappa shape index (κ2) is 16.4. The zero-order chi connectivity index (χ0) is 42.7. The quantitative estimate of drug-likeness (QED) is 0.162. The summed E-state index contributed by atoms with van der Waals surface area (Å²) in [7, 11) is 0. The van der Waals surface area contributed by atoms with Gasteiger partial charge in [0, 0.05) is 61.2 Å². The van der Waals surface area contributed by atoms with Crippen LogP contribution < -0.4 is 0 Å². The van der Waals surface area contributed by atoms with Crippen molar-refractivity contribution < 1.29 is 26.2 Å². The molecular weight excluding hydrogens is 964 g/mol. The van der Waals surface area contributed by atoms with E-state index in [1.165, 1.54) is 16.7 Å². The number of aromatic hydroxyl groups is 1. The Morgan fingerprint density at radius 1 is 0.484 bits per heavy atom. The number of pyridine rings is 1. The third-order valence-corrected chi connectivity index (χ3v) is 12.1. The van der Waals surface area contributed by atoms with Gasteiger partial charge in [-0.2, -0.15) is 0 Å². The molecule has 1 N–H and O–H groups in total. The Morgan fingerprint density at radius 2 is 1.08 bits per heavy atom. The van der Waals surface area contributed by atoms with E-state index < -0.39 is 0 Å². The van der Waals surface area contributed by atoms with Gasteiger partial charge in [-0.25, -0.2) is 4.98 Å². The van der Waals surface area contributed by atoms with E-state index in [1.54, 1.807) is 0 Å². The maximum atomic E-state index is 12.1. The number of fused-ring (bicyclic) bond motifs is 4. The molecule has 0 unspecified atom stereocenters. The summed E-state index contributed by atoms with van der Waals surface area (Å²) in [5.74, 6) is 0.806. The summed E-state index contributed by atoms with van der Waals surface area (Å²) in [5.41, 5.74) is 15.6. The number of rotatable bonds is 7. The van der Waals surface area contributed by atoms with Crippen molar-refractivity contribution in [3.8, 4) is 73.2 Å². The van der Waals surface area contributed by atoms with Gasteiger partial charge in [-0.3, -0.25) is 9.55 Å². The monoisotopic (exact) mass is 1010 g/mol. The summed E-state index contributed by atoms with van der Waals surface area (Å²) in [6.07, 6.45) is 1.89. The van der Waals surface area contributed by atoms with Crippen LogP contribution in [-0.2, 0) is 26.5 Å². The van der Waals surface area contributed by atoms with Gasteiger partial charge in [0.1, 0.15) is 11.6 Å². The molecule has 0 saturated carbocycles. The first-order valence-electron chi connectivity index (χ1n) is 21.4. The molecule has 0 radical (unpaired) electrons. The molecule has 0 bridgehead atoms. The molecule has 8 aromatic carbocycles. The molecule has 0 spiro atoms. The van der Waals surface area contributed by atoms with Crippen LogP contribution in [0.2, 0.25) is 0 Å². The summed E-state index contributed by atoms with van der Waals surface area (Å²) in [4.78, 5) is 10.4. The minimum atomic E-state index is -0.161. The van der Waals surface area contributed by atoms with Gasteiger partial charge in [0.15, 0.2) is 0 Å². The Morgan fingerprint density at radius 3 is 1.78 bits per heavy atom. The average Bonchev–Trinajstić information content (AvgIpc) is 3.87. The number of nitrogens with zero attached hydrogens (tertiary/aromatic N) is 4. The minimum absolute atomic E-state index is 0. The fraction of sp³-hybridized carbons (Fsp3) is 0.0690. The van der Waals surface area contributed by atoms with E-state index in [4.69, 9.17) is 9.97 Å². The normalized spacial score (nSPS) is 11.6. The van der Waals surface area contributed by atoms with Gasteiger partial charge in [0.2, 0.25) is 0 Å². The SMILES string of the molecule is CC(C)(C)c1cc(-c2cc(-c3ccc(-c4ccccc4)cc3)ccn2)[c-]c(-c2cccc3c2nc(-c2cc4c5ccccc5n(-c5ccccc5)c4cc2O)n3-c2ccccc2)c1.[Pt]. The van der Waals surface area contributed by atoms with Crippen molar-refractivity contribution in [1.29, 1.82) is 0 Å². The van der Waals surface area contributed by atoms with Gasteiger partial charge in [-0.05, 0) is 76.2 Å². The summed E-state index contributed by atoms with van der Waals surface area (Å²) in [6, 6.07) is 71.0. The van der Waals surface area contributed by atoms with Gasteiger partial charge in [0.25, 0.3) is 0 Å². The zero-order valence-electron chi connectivity index (χ0n) is 35.6. The second-order valence-electron chi connectivity index (χ2n) is 17.2. The first-order chi connectivity index (χ1) is 30.8. The first kappa shape index (κ1) is 40.7. The van der Waals surface area contributed by atoms with Crippen molar-refractivity contribution >= 4 is 32.8 Å². The number of hydrogen-bond donors (Lipinski definition) is 1. The van der Waals surface area contributed by atoms with Crippen molar-refractivity contribution in [1.82, 2.24) is 19.1 Å². The Labute approximate surface area is 387 Å². The van der Waals surface area contributed by atoms with Crippen LogP contribution >= 0.6 is 0 Å². The van der Waals surface area contributed by atoms with E-state index >= 15 is 0 Å². The number of para-hydroxylation sites is 4. The van der Waals surface area contributed by atoms with Crippen molar-refractivity contribution in [2.24, 2.45) is 0 Å². The van der Waals surface area contributed by atoms with Crippen LogP contribution in [0.4, 0.5) is 0 Å². The number of phenolic OH excluding ortho intramolecular Hbond substituents is 1. The molecule has 0 amide bonds. The van der Waals surface area contributed by atoms with Crippen LogP contribution in [0.25, 0.3) is 100 Å². The maximum absolute atomic E-state index is 12.1. The standard InChI is InChI=1S/C58H43N4O.Pt/c1-58(2,3)44-33-42(32-43(34-44)51-35-41(30-31-59-51)40-28-26-39(27-29-40)38-16-7-4-8-17-38)47-23-15-25-53-56(47)60-57(62(53)46-20-11-6-12-21-46)50-36-49-48-22-13-14-24-52(48)61(54(49)37-55(50)63)45-18-9-5-10-19-45;/h4-31,33-37,63H,1-3H3;/q-1;. The van der Waals surface area contributed by atoms with Gasteiger partial charge < -0.3 is 9.67 Å². The van der Waals surface area contributed by atoms with Crippen molar-refractivity contribution in [3.63, 3.8) is 0 Å². The number of hydrogen-bond acceptors (Lipinski definition) is 3. The van der Waals surface area contributed by atoms with Crippen LogP contribution in [0.3, 0.4) is 0 Å². The number of phenols is 1. The van der Waals surface area contributed by atoms with E-state index in [9.17, 15) is 5.11 Å². The Balaban J connectivity index is 0.00000484.